The van der Waals surface area contributed by atoms with E-state index in [1.807, 2.05) is 6.92 Å². The summed E-state index contributed by atoms with van der Waals surface area (Å²) in [6.07, 6.45) is 0.172. The second-order valence-electron chi connectivity index (χ2n) is 2.42. The Morgan fingerprint density at radius 1 is 1.73 bits per heavy atom. The van der Waals surface area contributed by atoms with E-state index in [4.69, 9.17) is 16.7 Å². The van der Waals surface area contributed by atoms with Crippen LogP contribution in [0.15, 0.2) is 0 Å². The van der Waals surface area contributed by atoms with Gasteiger partial charge in [-0.05, 0) is 13.3 Å². The summed E-state index contributed by atoms with van der Waals surface area (Å²) in [5.41, 5.74) is 0. The Labute approximate surface area is 71.7 Å². The molecule has 0 saturated carbocycles. The van der Waals surface area contributed by atoms with Crippen LogP contribution in [0.3, 0.4) is 0 Å². The number of alkyl halides is 1. The number of amides is 1. The highest BCUT2D eigenvalue weighted by Gasteiger charge is 2.09. The highest BCUT2D eigenvalue weighted by molar-refractivity contribution is 6.30. The molecule has 2 atom stereocenters. The van der Waals surface area contributed by atoms with E-state index < -0.39 is 11.5 Å². The predicted octanol–water partition coefficient (Wildman–Crippen LogP) is 0.501. The van der Waals surface area contributed by atoms with Crippen LogP contribution in [0, 0.1) is 0 Å². The monoisotopic (exact) mass is 179 g/mol. The van der Waals surface area contributed by atoms with Crippen LogP contribution < -0.4 is 5.32 Å². The molecular formula is C7H14ClNO2. The van der Waals surface area contributed by atoms with Crippen LogP contribution in [0.2, 0.25) is 0 Å². The van der Waals surface area contributed by atoms with Crippen LogP contribution in [0.5, 0.6) is 0 Å². The molecule has 2 N–H and O–H groups in total. The van der Waals surface area contributed by atoms with Gasteiger partial charge >= 0.3 is 0 Å². The van der Waals surface area contributed by atoms with Crippen LogP contribution in [0.4, 0.5) is 0 Å². The van der Waals surface area contributed by atoms with E-state index in [2.05, 4.69) is 5.32 Å². The lowest BCUT2D eigenvalue weighted by molar-refractivity contribution is -0.120. The first-order valence-corrected chi connectivity index (χ1v) is 4.11. The molecule has 0 radical (unpaired) electrons. The Morgan fingerprint density at radius 2 is 2.27 bits per heavy atom. The minimum Gasteiger partial charge on any atom is -0.391 e. The number of carbonyl (C=O) groups excluding carboxylic acids is 1. The van der Waals surface area contributed by atoms with E-state index in [0.29, 0.717) is 6.42 Å². The SMILES string of the molecule is CC[C@H](O)CNC(=O)[C@H](C)Cl. The van der Waals surface area contributed by atoms with Crippen molar-refractivity contribution in [3.63, 3.8) is 0 Å². The van der Waals surface area contributed by atoms with Crippen LogP contribution >= 0.6 is 11.6 Å². The molecule has 0 saturated heterocycles. The van der Waals surface area contributed by atoms with Crippen molar-refractivity contribution in [3.05, 3.63) is 0 Å². The second kappa shape index (κ2) is 5.38. The summed E-state index contributed by atoms with van der Waals surface area (Å²) >= 11 is 5.46. The van der Waals surface area contributed by atoms with Gasteiger partial charge in [-0.2, -0.15) is 0 Å². The van der Waals surface area contributed by atoms with Crippen molar-refractivity contribution >= 4 is 17.5 Å². The third-order valence-corrected chi connectivity index (χ3v) is 1.54. The van der Waals surface area contributed by atoms with Crippen molar-refractivity contribution in [1.29, 1.82) is 0 Å². The van der Waals surface area contributed by atoms with Gasteiger partial charge in [-0.25, -0.2) is 0 Å². The molecule has 0 aromatic carbocycles. The Hall–Kier alpha value is -0.280. The molecule has 0 aliphatic heterocycles. The average Bonchev–Trinajstić information content (AvgIpc) is 1.99. The van der Waals surface area contributed by atoms with Gasteiger partial charge in [0, 0.05) is 6.54 Å². The quantitative estimate of drug-likeness (QED) is 0.618. The fraction of sp³-hybridized carbons (Fsp3) is 0.857. The fourth-order valence-electron chi connectivity index (χ4n) is 0.503. The first-order chi connectivity index (χ1) is 5.07. The Kier molecular flexibility index (Phi) is 5.24. The number of rotatable bonds is 4. The summed E-state index contributed by atoms with van der Waals surface area (Å²) in [7, 11) is 0. The number of aliphatic hydroxyl groups excluding tert-OH is 1. The van der Waals surface area contributed by atoms with Gasteiger partial charge in [-0.1, -0.05) is 6.92 Å². The van der Waals surface area contributed by atoms with Crippen LogP contribution in [-0.4, -0.2) is 29.0 Å². The predicted molar refractivity (Wildman–Crippen MR) is 44.6 cm³/mol. The zero-order valence-corrected chi connectivity index (χ0v) is 7.56. The lowest BCUT2D eigenvalue weighted by Gasteiger charge is -2.09. The summed E-state index contributed by atoms with van der Waals surface area (Å²) in [4.78, 5) is 10.8. The van der Waals surface area contributed by atoms with Gasteiger partial charge in [0.1, 0.15) is 5.38 Å². The van der Waals surface area contributed by atoms with E-state index >= 15 is 0 Å². The van der Waals surface area contributed by atoms with Gasteiger partial charge in [-0.15, -0.1) is 11.6 Å². The Morgan fingerprint density at radius 3 is 2.64 bits per heavy atom. The molecular weight excluding hydrogens is 166 g/mol. The van der Waals surface area contributed by atoms with Crippen molar-refractivity contribution in [2.45, 2.75) is 31.7 Å². The number of aliphatic hydroxyl groups is 1. The smallest absolute Gasteiger partial charge is 0.237 e. The molecule has 11 heavy (non-hydrogen) atoms. The molecule has 0 spiro atoms. The average molecular weight is 180 g/mol. The topological polar surface area (TPSA) is 49.3 Å². The zero-order chi connectivity index (χ0) is 8.85. The van der Waals surface area contributed by atoms with Crippen LogP contribution in [0.1, 0.15) is 20.3 Å². The van der Waals surface area contributed by atoms with Gasteiger partial charge < -0.3 is 10.4 Å². The van der Waals surface area contributed by atoms with Gasteiger partial charge in [0.25, 0.3) is 0 Å². The van der Waals surface area contributed by atoms with Crippen molar-refractivity contribution in [3.8, 4) is 0 Å². The third kappa shape index (κ3) is 5.04. The maximum absolute atomic E-state index is 10.8. The normalized spacial score (nSPS) is 15.6. The molecule has 0 aliphatic rings. The largest absolute Gasteiger partial charge is 0.391 e. The van der Waals surface area contributed by atoms with Crippen molar-refractivity contribution in [2.24, 2.45) is 0 Å². The summed E-state index contributed by atoms with van der Waals surface area (Å²) < 4.78 is 0. The summed E-state index contributed by atoms with van der Waals surface area (Å²) in [5, 5.41) is 11.0. The van der Waals surface area contributed by atoms with E-state index in [9.17, 15) is 4.79 Å². The zero-order valence-electron chi connectivity index (χ0n) is 6.80. The van der Waals surface area contributed by atoms with Gasteiger partial charge in [-0.3, -0.25) is 4.79 Å². The standard InChI is InChI=1S/C7H14ClNO2/c1-3-6(10)4-9-7(11)5(2)8/h5-6,10H,3-4H2,1-2H3,(H,9,11)/t5-,6-/m0/s1. The fourth-order valence-corrected chi connectivity index (χ4v) is 0.581. The Bertz CT molecular complexity index is 128. The molecule has 0 aromatic rings. The summed E-state index contributed by atoms with van der Waals surface area (Å²) in [6, 6.07) is 0. The number of carbonyl (C=O) groups is 1. The molecule has 0 aliphatic carbocycles. The first-order valence-electron chi connectivity index (χ1n) is 3.67. The maximum Gasteiger partial charge on any atom is 0.237 e. The van der Waals surface area contributed by atoms with E-state index in [-0.39, 0.29) is 12.5 Å². The molecule has 0 rings (SSSR count). The third-order valence-electron chi connectivity index (χ3n) is 1.34. The second-order valence-corrected chi connectivity index (χ2v) is 3.08. The van der Waals surface area contributed by atoms with Gasteiger partial charge in [0.2, 0.25) is 5.91 Å². The first kappa shape index (κ1) is 10.7. The molecule has 1 amide bonds. The number of hydrogen-bond acceptors (Lipinski definition) is 2. The molecule has 0 unspecified atom stereocenters. The maximum atomic E-state index is 10.8. The number of hydrogen-bond donors (Lipinski definition) is 2. The number of halogens is 1. The lowest BCUT2D eigenvalue weighted by Crippen LogP contribution is -2.35. The van der Waals surface area contributed by atoms with Crippen LogP contribution in [0.25, 0.3) is 0 Å². The van der Waals surface area contributed by atoms with Crippen LogP contribution in [-0.2, 0) is 4.79 Å². The molecule has 4 heteroatoms. The minimum absolute atomic E-state index is 0.237. The van der Waals surface area contributed by atoms with Gasteiger partial charge in [0.15, 0.2) is 0 Å². The highest BCUT2D eigenvalue weighted by Crippen LogP contribution is 1.93. The molecule has 66 valence electrons. The van der Waals surface area contributed by atoms with Crippen molar-refractivity contribution in [2.75, 3.05) is 6.54 Å². The summed E-state index contributed by atoms with van der Waals surface area (Å²) in [5.74, 6) is -0.237. The molecule has 0 bridgehead atoms. The van der Waals surface area contributed by atoms with Crippen molar-refractivity contribution in [1.82, 2.24) is 5.32 Å². The molecule has 0 aromatic heterocycles. The summed E-state index contributed by atoms with van der Waals surface area (Å²) in [6.45, 7) is 3.72. The van der Waals surface area contributed by atoms with E-state index in [1.54, 1.807) is 6.92 Å². The molecule has 0 heterocycles. The number of nitrogens with one attached hydrogen (secondary N) is 1. The Balaban J connectivity index is 3.46. The van der Waals surface area contributed by atoms with Gasteiger partial charge in [0.05, 0.1) is 6.10 Å². The molecule has 3 nitrogen and oxygen atoms in total. The lowest BCUT2D eigenvalue weighted by atomic mass is 10.3. The van der Waals surface area contributed by atoms with Crippen molar-refractivity contribution < 1.29 is 9.90 Å². The highest BCUT2D eigenvalue weighted by atomic mass is 35.5. The minimum atomic E-state index is -0.529. The molecule has 0 fully saturated rings. The van der Waals surface area contributed by atoms with E-state index in [1.165, 1.54) is 0 Å². The van der Waals surface area contributed by atoms with E-state index in [0.717, 1.165) is 0 Å².